The van der Waals surface area contributed by atoms with E-state index in [0.717, 1.165) is 12.8 Å². The zero-order chi connectivity index (χ0) is 13.2. The zero-order valence-corrected chi connectivity index (χ0v) is 10.4. The summed E-state index contributed by atoms with van der Waals surface area (Å²) in [6, 6.07) is 4.91. The number of hydrogen-bond donors (Lipinski definition) is 3. The fourth-order valence-electron chi connectivity index (χ4n) is 2.16. The summed E-state index contributed by atoms with van der Waals surface area (Å²) in [5.41, 5.74) is 6.22. The van der Waals surface area contributed by atoms with E-state index in [1.54, 1.807) is 12.1 Å². The lowest BCUT2D eigenvalue weighted by molar-refractivity contribution is 0.206. The van der Waals surface area contributed by atoms with Crippen LogP contribution in [0.25, 0.3) is 0 Å². The molecular weight excluding hydrogens is 233 g/mol. The molecule has 18 heavy (non-hydrogen) atoms. The Bertz CT molecular complexity index is 469. The molecule has 0 aliphatic heterocycles. The molecule has 4 nitrogen and oxygen atoms in total. The van der Waals surface area contributed by atoms with Crippen molar-refractivity contribution in [3.8, 4) is 0 Å². The highest BCUT2D eigenvalue weighted by molar-refractivity contribution is 5.97. The van der Waals surface area contributed by atoms with Crippen molar-refractivity contribution in [2.24, 2.45) is 10.9 Å². The summed E-state index contributed by atoms with van der Waals surface area (Å²) in [7, 11) is 0. The van der Waals surface area contributed by atoms with E-state index in [1.165, 1.54) is 12.5 Å². The van der Waals surface area contributed by atoms with E-state index in [4.69, 9.17) is 10.9 Å². The summed E-state index contributed by atoms with van der Waals surface area (Å²) in [4.78, 5) is 0. The fraction of sp³-hybridized carbons (Fsp3) is 0.462. The minimum Gasteiger partial charge on any atom is -0.409 e. The Morgan fingerprint density at radius 2 is 2.28 bits per heavy atom. The SMILES string of the molecule is CC1(NCc2cccc(/C(N)=N/O)c2F)CCC1. The number of nitrogens with zero attached hydrogens (tertiary/aromatic N) is 1. The van der Waals surface area contributed by atoms with Gasteiger partial charge in [0.15, 0.2) is 5.84 Å². The van der Waals surface area contributed by atoms with E-state index in [9.17, 15) is 4.39 Å². The predicted octanol–water partition coefficient (Wildman–Crippen LogP) is 1.95. The van der Waals surface area contributed by atoms with E-state index in [0.29, 0.717) is 12.1 Å². The van der Waals surface area contributed by atoms with Gasteiger partial charge in [0.25, 0.3) is 0 Å². The highest BCUT2D eigenvalue weighted by Crippen LogP contribution is 2.31. The molecular formula is C13H18FN3O. The van der Waals surface area contributed by atoms with Crippen LogP contribution in [0.5, 0.6) is 0 Å². The Hall–Kier alpha value is -1.62. The largest absolute Gasteiger partial charge is 0.409 e. The average molecular weight is 251 g/mol. The van der Waals surface area contributed by atoms with Gasteiger partial charge in [-0.15, -0.1) is 0 Å². The molecule has 0 atom stereocenters. The standard InChI is InChI=1S/C13H18FN3O/c1-13(6-3-7-13)16-8-9-4-2-5-10(11(9)14)12(15)17-18/h2,4-5,16,18H,3,6-8H2,1H3,(H2,15,17). The first kappa shape index (κ1) is 12.8. The Kier molecular flexibility index (Phi) is 3.52. The van der Waals surface area contributed by atoms with Crippen LogP contribution in [0.4, 0.5) is 4.39 Å². The topological polar surface area (TPSA) is 70.6 Å². The molecule has 0 spiro atoms. The number of amidine groups is 1. The second kappa shape index (κ2) is 4.94. The van der Waals surface area contributed by atoms with E-state index in [-0.39, 0.29) is 16.9 Å². The molecule has 4 N–H and O–H groups in total. The van der Waals surface area contributed by atoms with Gasteiger partial charge in [-0.3, -0.25) is 0 Å². The van der Waals surface area contributed by atoms with Crippen LogP contribution < -0.4 is 11.1 Å². The molecule has 5 heteroatoms. The smallest absolute Gasteiger partial charge is 0.173 e. The van der Waals surface area contributed by atoms with Crippen molar-refractivity contribution in [1.82, 2.24) is 5.32 Å². The zero-order valence-electron chi connectivity index (χ0n) is 10.4. The van der Waals surface area contributed by atoms with Gasteiger partial charge in [0, 0.05) is 17.6 Å². The van der Waals surface area contributed by atoms with Crippen molar-refractivity contribution in [3.05, 3.63) is 35.1 Å². The van der Waals surface area contributed by atoms with Gasteiger partial charge in [-0.25, -0.2) is 4.39 Å². The number of hydrogen-bond acceptors (Lipinski definition) is 3. The summed E-state index contributed by atoms with van der Waals surface area (Å²) >= 11 is 0. The van der Waals surface area contributed by atoms with E-state index in [2.05, 4.69) is 17.4 Å². The number of oxime groups is 1. The minimum atomic E-state index is -0.428. The highest BCUT2D eigenvalue weighted by Gasteiger charge is 2.31. The quantitative estimate of drug-likeness (QED) is 0.331. The van der Waals surface area contributed by atoms with Crippen LogP contribution in [0.1, 0.15) is 37.3 Å². The van der Waals surface area contributed by atoms with Crippen LogP contribution in [-0.4, -0.2) is 16.6 Å². The second-order valence-corrected chi connectivity index (χ2v) is 5.03. The summed E-state index contributed by atoms with van der Waals surface area (Å²) in [5.74, 6) is -0.632. The van der Waals surface area contributed by atoms with E-state index < -0.39 is 5.82 Å². The number of halogens is 1. The summed E-state index contributed by atoms with van der Waals surface area (Å²) in [5, 5.41) is 14.8. The second-order valence-electron chi connectivity index (χ2n) is 5.03. The van der Waals surface area contributed by atoms with Crippen molar-refractivity contribution in [2.75, 3.05) is 0 Å². The van der Waals surface area contributed by atoms with Gasteiger partial charge in [0.2, 0.25) is 0 Å². The number of nitrogens with one attached hydrogen (secondary N) is 1. The molecule has 0 saturated heterocycles. The Labute approximate surface area is 106 Å². The lowest BCUT2D eigenvalue weighted by atomic mass is 9.78. The summed E-state index contributed by atoms with van der Waals surface area (Å²) in [6.45, 7) is 2.59. The van der Waals surface area contributed by atoms with Crippen molar-refractivity contribution >= 4 is 5.84 Å². The highest BCUT2D eigenvalue weighted by atomic mass is 19.1. The number of benzene rings is 1. The van der Waals surface area contributed by atoms with Crippen LogP contribution >= 0.6 is 0 Å². The fourth-order valence-corrected chi connectivity index (χ4v) is 2.16. The first-order valence-electron chi connectivity index (χ1n) is 6.06. The Morgan fingerprint density at radius 1 is 1.56 bits per heavy atom. The maximum atomic E-state index is 14.1. The van der Waals surface area contributed by atoms with Gasteiger partial charge < -0.3 is 16.3 Å². The Balaban J connectivity index is 2.13. The molecule has 0 bridgehead atoms. The minimum absolute atomic E-state index is 0.124. The van der Waals surface area contributed by atoms with Crippen molar-refractivity contribution in [1.29, 1.82) is 0 Å². The number of nitrogens with two attached hydrogens (primary N) is 1. The molecule has 1 aliphatic rings. The molecule has 1 fully saturated rings. The third kappa shape index (κ3) is 2.46. The molecule has 1 aromatic carbocycles. The summed E-state index contributed by atoms with van der Waals surface area (Å²) in [6.07, 6.45) is 3.46. The normalized spacial score (nSPS) is 18.4. The molecule has 2 rings (SSSR count). The van der Waals surface area contributed by atoms with Gasteiger partial charge in [-0.2, -0.15) is 0 Å². The van der Waals surface area contributed by atoms with Crippen LogP contribution in [0.15, 0.2) is 23.4 Å². The van der Waals surface area contributed by atoms with E-state index in [1.807, 2.05) is 0 Å². The van der Waals surface area contributed by atoms with Crippen LogP contribution in [0, 0.1) is 5.82 Å². The van der Waals surface area contributed by atoms with Crippen LogP contribution in [-0.2, 0) is 6.54 Å². The first-order valence-corrected chi connectivity index (χ1v) is 6.06. The molecule has 98 valence electrons. The van der Waals surface area contributed by atoms with Gasteiger partial charge in [0.05, 0.1) is 5.56 Å². The van der Waals surface area contributed by atoms with Gasteiger partial charge in [0.1, 0.15) is 5.82 Å². The average Bonchev–Trinajstić information content (AvgIpc) is 2.34. The lowest BCUT2D eigenvalue weighted by Gasteiger charge is -2.39. The van der Waals surface area contributed by atoms with Gasteiger partial charge >= 0.3 is 0 Å². The maximum absolute atomic E-state index is 14.1. The third-order valence-corrected chi connectivity index (χ3v) is 3.63. The predicted molar refractivity (Wildman–Crippen MR) is 68.0 cm³/mol. The van der Waals surface area contributed by atoms with Gasteiger partial charge in [-0.05, 0) is 32.3 Å². The molecule has 0 unspecified atom stereocenters. The molecule has 0 aromatic heterocycles. The first-order chi connectivity index (χ1) is 8.56. The van der Waals surface area contributed by atoms with Crippen LogP contribution in [0.2, 0.25) is 0 Å². The monoisotopic (exact) mass is 251 g/mol. The molecule has 1 saturated carbocycles. The van der Waals surface area contributed by atoms with E-state index >= 15 is 0 Å². The molecule has 1 aromatic rings. The molecule has 0 radical (unpaired) electrons. The lowest BCUT2D eigenvalue weighted by Crippen LogP contribution is -2.47. The molecule has 0 amide bonds. The Morgan fingerprint density at radius 3 is 2.83 bits per heavy atom. The third-order valence-electron chi connectivity index (χ3n) is 3.63. The number of rotatable bonds is 4. The van der Waals surface area contributed by atoms with Crippen molar-refractivity contribution in [2.45, 2.75) is 38.3 Å². The van der Waals surface area contributed by atoms with Crippen molar-refractivity contribution in [3.63, 3.8) is 0 Å². The summed E-state index contributed by atoms with van der Waals surface area (Å²) < 4.78 is 14.1. The maximum Gasteiger partial charge on any atom is 0.173 e. The van der Waals surface area contributed by atoms with Gasteiger partial charge in [-0.1, -0.05) is 17.3 Å². The molecule has 1 aliphatic carbocycles. The van der Waals surface area contributed by atoms with Crippen molar-refractivity contribution < 1.29 is 9.60 Å². The molecule has 0 heterocycles. The van der Waals surface area contributed by atoms with Crippen LogP contribution in [0.3, 0.4) is 0 Å².